The molecule has 0 aliphatic heterocycles. The lowest BCUT2D eigenvalue weighted by molar-refractivity contribution is 0.583. The van der Waals surface area contributed by atoms with Crippen LogP contribution in [-0.2, 0) is 0 Å². The number of anilines is 1. The van der Waals surface area contributed by atoms with Crippen LogP contribution < -0.4 is 10.6 Å². The van der Waals surface area contributed by atoms with Crippen LogP contribution in [0.3, 0.4) is 0 Å². The van der Waals surface area contributed by atoms with Crippen molar-refractivity contribution in [1.82, 2.24) is 15.5 Å². The van der Waals surface area contributed by atoms with Gasteiger partial charge in [0.2, 0.25) is 0 Å². The average molecular weight is 324 g/mol. The van der Waals surface area contributed by atoms with Crippen LogP contribution in [0, 0.1) is 5.92 Å². The number of allylic oxidation sites excluding steroid dienone is 2. The van der Waals surface area contributed by atoms with E-state index in [1.54, 1.807) is 0 Å². The highest BCUT2D eigenvalue weighted by molar-refractivity contribution is 5.63. The van der Waals surface area contributed by atoms with Gasteiger partial charge in [-0.05, 0) is 30.4 Å². The summed E-state index contributed by atoms with van der Waals surface area (Å²) in [5, 5.41) is 14.1. The van der Waals surface area contributed by atoms with Gasteiger partial charge in [0.05, 0.1) is 5.69 Å². The second-order valence-electron chi connectivity index (χ2n) is 6.02. The fourth-order valence-electron chi connectivity index (χ4n) is 2.40. The van der Waals surface area contributed by atoms with Gasteiger partial charge in [-0.3, -0.25) is 5.10 Å². The van der Waals surface area contributed by atoms with E-state index in [1.807, 2.05) is 24.3 Å². The summed E-state index contributed by atoms with van der Waals surface area (Å²) in [4.78, 5) is 0. The van der Waals surface area contributed by atoms with Crippen molar-refractivity contribution in [3.63, 3.8) is 0 Å². The van der Waals surface area contributed by atoms with Crippen molar-refractivity contribution < 1.29 is 0 Å². The van der Waals surface area contributed by atoms with Crippen LogP contribution >= 0.6 is 0 Å². The first-order valence-corrected chi connectivity index (χ1v) is 8.66. The molecule has 1 atom stereocenters. The molecule has 0 aliphatic carbocycles. The summed E-state index contributed by atoms with van der Waals surface area (Å²) in [5.74, 6) is 1.25. The molecule has 0 amide bonds. The van der Waals surface area contributed by atoms with E-state index in [4.69, 9.17) is 0 Å². The van der Waals surface area contributed by atoms with Crippen molar-refractivity contribution in [1.29, 1.82) is 0 Å². The Morgan fingerprint density at radius 2 is 2.04 bits per heavy atom. The van der Waals surface area contributed by atoms with E-state index < -0.39 is 0 Å². The van der Waals surface area contributed by atoms with Gasteiger partial charge in [0.1, 0.15) is 0 Å². The Kier molecular flexibility index (Phi) is 6.67. The molecule has 0 spiro atoms. The largest absolute Gasteiger partial charge is 0.388 e. The second-order valence-corrected chi connectivity index (χ2v) is 6.02. The molecule has 1 heterocycles. The quantitative estimate of drug-likeness (QED) is 0.573. The van der Waals surface area contributed by atoms with E-state index in [-0.39, 0.29) is 0 Å². The van der Waals surface area contributed by atoms with Gasteiger partial charge in [-0.2, -0.15) is 5.10 Å². The topological polar surface area (TPSA) is 52.7 Å². The fourth-order valence-corrected chi connectivity index (χ4v) is 2.40. The van der Waals surface area contributed by atoms with Crippen LogP contribution in [0.25, 0.3) is 11.3 Å². The van der Waals surface area contributed by atoms with Crippen LogP contribution in [0.2, 0.25) is 0 Å². The summed E-state index contributed by atoms with van der Waals surface area (Å²) in [5.41, 5.74) is 4.15. The Bertz CT molecular complexity index is 670. The molecule has 1 aromatic carbocycles. The predicted molar refractivity (Wildman–Crippen MR) is 103 cm³/mol. The summed E-state index contributed by atoms with van der Waals surface area (Å²) < 4.78 is 0. The average Bonchev–Trinajstić information content (AvgIpc) is 3.07. The van der Waals surface area contributed by atoms with Crippen LogP contribution in [0.5, 0.6) is 0 Å². The molecule has 4 nitrogen and oxygen atoms in total. The Morgan fingerprint density at radius 1 is 1.29 bits per heavy atom. The maximum atomic E-state index is 4.32. The monoisotopic (exact) mass is 324 g/mol. The van der Waals surface area contributed by atoms with Crippen molar-refractivity contribution >= 4 is 5.82 Å². The van der Waals surface area contributed by atoms with E-state index in [0.29, 0.717) is 5.92 Å². The number of rotatable bonds is 9. The summed E-state index contributed by atoms with van der Waals surface area (Å²) in [7, 11) is 0. The number of aromatic amines is 1. The van der Waals surface area contributed by atoms with Gasteiger partial charge in [0.25, 0.3) is 0 Å². The summed E-state index contributed by atoms with van der Waals surface area (Å²) in [6.07, 6.45) is 4.28. The Hall–Kier alpha value is -2.49. The number of hydrogen-bond acceptors (Lipinski definition) is 3. The molecule has 128 valence electrons. The van der Waals surface area contributed by atoms with Gasteiger partial charge in [-0.25, -0.2) is 0 Å². The van der Waals surface area contributed by atoms with E-state index in [9.17, 15) is 0 Å². The highest BCUT2D eigenvalue weighted by Gasteiger charge is 2.08. The molecule has 0 fully saturated rings. The lowest BCUT2D eigenvalue weighted by Crippen LogP contribution is -2.20. The van der Waals surface area contributed by atoms with Gasteiger partial charge < -0.3 is 10.6 Å². The summed E-state index contributed by atoms with van der Waals surface area (Å²) in [6, 6.07) is 12.1. The molecule has 0 saturated carbocycles. The number of H-pyrrole nitrogens is 1. The van der Waals surface area contributed by atoms with Crippen molar-refractivity contribution in [2.45, 2.75) is 33.6 Å². The molecule has 3 N–H and O–H groups in total. The predicted octanol–water partition coefficient (Wildman–Crippen LogP) is 4.93. The third kappa shape index (κ3) is 5.01. The zero-order valence-electron chi connectivity index (χ0n) is 14.9. The maximum absolute atomic E-state index is 4.32. The minimum atomic E-state index is 0.481. The van der Waals surface area contributed by atoms with Crippen molar-refractivity contribution in [2.24, 2.45) is 5.92 Å². The van der Waals surface area contributed by atoms with E-state index in [0.717, 1.165) is 42.2 Å². The number of nitrogens with zero attached hydrogens (tertiary/aromatic N) is 1. The van der Waals surface area contributed by atoms with Gasteiger partial charge in [-0.1, -0.05) is 57.7 Å². The highest BCUT2D eigenvalue weighted by atomic mass is 15.2. The standard InChI is InChI=1S/C20H28N4/c1-5-12-21-18(15(3)6-2)13-16(4)22-20-14-19(23-24-20)17-10-8-7-9-11-17/h7-11,13-15,21H,4-6,12H2,1-3H3,(H2,22,23,24)/b18-13-. The van der Waals surface area contributed by atoms with E-state index >= 15 is 0 Å². The molecule has 2 aromatic rings. The third-order valence-corrected chi connectivity index (χ3v) is 4.00. The normalized spacial score (nSPS) is 12.7. The molecule has 2 rings (SSSR count). The second kappa shape index (κ2) is 8.96. The summed E-state index contributed by atoms with van der Waals surface area (Å²) >= 11 is 0. The van der Waals surface area contributed by atoms with Gasteiger partial charge >= 0.3 is 0 Å². The molecule has 1 aromatic heterocycles. The van der Waals surface area contributed by atoms with Crippen molar-refractivity contribution in [3.8, 4) is 11.3 Å². The summed E-state index contributed by atoms with van der Waals surface area (Å²) in [6.45, 7) is 11.7. The molecule has 1 unspecified atom stereocenters. The van der Waals surface area contributed by atoms with Crippen LogP contribution in [-0.4, -0.2) is 16.7 Å². The molecular weight excluding hydrogens is 296 g/mol. The Labute approximate surface area is 145 Å². The first kappa shape index (κ1) is 17.9. The minimum Gasteiger partial charge on any atom is -0.388 e. The zero-order chi connectivity index (χ0) is 17.4. The van der Waals surface area contributed by atoms with Crippen LogP contribution in [0.4, 0.5) is 5.82 Å². The lowest BCUT2D eigenvalue weighted by Gasteiger charge is -2.17. The molecule has 0 saturated heterocycles. The molecule has 4 heteroatoms. The first-order chi connectivity index (χ1) is 11.6. The van der Waals surface area contributed by atoms with Crippen molar-refractivity contribution in [3.05, 3.63) is 60.4 Å². The first-order valence-electron chi connectivity index (χ1n) is 8.66. The number of hydrogen-bond donors (Lipinski definition) is 3. The fraction of sp³-hybridized carbons (Fsp3) is 0.350. The van der Waals surface area contributed by atoms with Gasteiger partial charge in [0, 0.05) is 24.0 Å². The van der Waals surface area contributed by atoms with Gasteiger partial charge in [-0.15, -0.1) is 0 Å². The molecule has 24 heavy (non-hydrogen) atoms. The van der Waals surface area contributed by atoms with Crippen LogP contribution in [0.1, 0.15) is 33.6 Å². The van der Waals surface area contributed by atoms with Gasteiger partial charge in [0.15, 0.2) is 5.82 Å². The minimum absolute atomic E-state index is 0.481. The number of benzene rings is 1. The van der Waals surface area contributed by atoms with E-state index in [1.165, 1.54) is 5.70 Å². The molecule has 0 bridgehead atoms. The number of nitrogens with one attached hydrogen (secondary N) is 3. The molecular formula is C20H28N4. The Morgan fingerprint density at radius 3 is 2.71 bits per heavy atom. The smallest absolute Gasteiger partial charge is 0.152 e. The SMILES string of the molecule is C=C(/C=C(\NCCC)C(C)CC)Nc1cc(-c2ccccc2)[nH]n1. The van der Waals surface area contributed by atoms with Crippen LogP contribution in [0.15, 0.2) is 60.4 Å². The lowest BCUT2D eigenvalue weighted by atomic mass is 10.0. The zero-order valence-corrected chi connectivity index (χ0v) is 14.9. The highest BCUT2D eigenvalue weighted by Crippen LogP contribution is 2.20. The maximum Gasteiger partial charge on any atom is 0.152 e. The Balaban J connectivity index is 2.05. The molecule has 0 aliphatic rings. The number of aromatic nitrogens is 2. The van der Waals surface area contributed by atoms with E-state index in [2.05, 4.69) is 66.4 Å². The van der Waals surface area contributed by atoms with Crippen molar-refractivity contribution in [2.75, 3.05) is 11.9 Å². The molecule has 0 radical (unpaired) electrons. The third-order valence-electron chi connectivity index (χ3n) is 4.00.